The monoisotopic (exact) mass is 572 g/mol. The molecule has 5 heteroatoms. The van der Waals surface area contributed by atoms with Crippen molar-refractivity contribution in [2.24, 2.45) is 0 Å². The summed E-state index contributed by atoms with van der Waals surface area (Å²) in [5.74, 6) is 0. The van der Waals surface area contributed by atoms with Crippen molar-refractivity contribution < 1.29 is 24.3 Å². The summed E-state index contributed by atoms with van der Waals surface area (Å²) in [4.78, 5) is 10.9. The van der Waals surface area contributed by atoms with Crippen molar-refractivity contribution in [1.29, 1.82) is 0 Å². The van der Waals surface area contributed by atoms with Crippen LogP contribution in [-0.2, 0) is 30.9 Å². The van der Waals surface area contributed by atoms with Crippen molar-refractivity contribution in [2.75, 3.05) is 0 Å². The van der Waals surface area contributed by atoms with E-state index in [0.29, 0.717) is 0 Å². The van der Waals surface area contributed by atoms with Crippen LogP contribution in [0.1, 0.15) is 11.4 Å². The van der Waals surface area contributed by atoms with E-state index in [2.05, 4.69) is 40.3 Å². The summed E-state index contributed by atoms with van der Waals surface area (Å²) in [6.45, 7) is 4.06. The summed E-state index contributed by atoms with van der Waals surface area (Å²) in [7, 11) is -1.26. The van der Waals surface area contributed by atoms with Gasteiger partial charge in [-0.25, -0.2) is 0 Å². The molecule has 0 saturated carbocycles. The van der Waals surface area contributed by atoms with Gasteiger partial charge < -0.3 is 4.98 Å². The zero-order chi connectivity index (χ0) is 19.0. The maximum Gasteiger partial charge on any atom is 0.0454 e. The number of fused-ring (bicyclic) bond motifs is 6. The molecule has 0 saturated heterocycles. The predicted molar refractivity (Wildman–Crippen MR) is 113 cm³/mol. The van der Waals surface area contributed by atoms with Crippen molar-refractivity contribution in [2.45, 2.75) is 23.6 Å². The molecule has 3 nitrogen and oxygen atoms in total. The van der Waals surface area contributed by atoms with Gasteiger partial charge in [0.15, 0.2) is 0 Å². The van der Waals surface area contributed by atoms with Crippen LogP contribution >= 0.6 is 0 Å². The second-order valence-corrected chi connectivity index (χ2v) is 8.66. The standard InChI is InChI=1S/C24H15N2OS.Ir/c1-13-11-19-15(14(2)26-13)7-8-16-17-9-10-25-24-18-5-3-4-6-21(18)28(27)22(23(17)24)12-20(16)19;/h3-4,6-12H,1-2H3;/q-1;. The molecule has 3 aromatic carbocycles. The van der Waals surface area contributed by atoms with E-state index in [9.17, 15) is 4.21 Å². The molecule has 6 rings (SSSR count). The molecule has 0 fully saturated rings. The second kappa shape index (κ2) is 6.53. The summed E-state index contributed by atoms with van der Waals surface area (Å²) < 4.78 is 13.5. The van der Waals surface area contributed by atoms with Gasteiger partial charge in [0.25, 0.3) is 0 Å². The molecule has 0 spiro atoms. The average Bonchev–Trinajstić information content (AvgIpc) is 2.71. The fourth-order valence-corrected chi connectivity index (χ4v) is 5.81. The second-order valence-electron chi connectivity index (χ2n) is 7.24. The quantitative estimate of drug-likeness (QED) is 0.179. The number of hydrogen-bond donors (Lipinski definition) is 0. The Bertz CT molecular complexity index is 1510. The van der Waals surface area contributed by atoms with Crippen molar-refractivity contribution in [3.63, 3.8) is 0 Å². The third-order valence-corrected chi connectivity index (χ3v) is 7.05. The van der Waals surface area contributed by atoms with Crippen molar-refractivity contribution in [3.05, 3.63) is 72.2 Å². The summed E-state index contributed by atoms with van der Waals surface area (Å²) in [6, 6.07) is 19.4. The predicted octanol–water partition coefficient (Wildman–Crippen LogP) is 5.50. The molecule has 0 amide bonds. The molecule has 3 heterocycles. The van der Waals surface area contributed by atoms with Crippen molar-refractivity contribution >= 4 is 43.1 Å². The minimum absolute atomic E-state index is 0. The maximum atomic E-state index is 13.5. The molecule has 1 aliphatic heterocycles. The third-order valence-electron chi connectivity index (χ3n) is 5.59. The van der Waals surface area contributed by atoms with E-state index in [0.717, 1.165) is 64.8 Å². The first kappa shape index (κ1) is 18.6. The first-order valence-electron chi connectivity index (χ1n) is 9.19. The van der Waals surface area contributed by atoms with Crippen molar-refractivity contribution in [1.82, 2.24) is 9.97 Å². The zero-order valence-electron chi connectivity index (χ0n) is 15.7. The van der Waals surface area contributed by atoms with E-state index in [1.54, 1.807) is 0 Å². The number of aromatic nitrogens is 2. The van der Waals surface area contributed by atoms with Crippen LogP contribution < -0.4 is 0 Å². The van der Waals surface area contributed by atoms with Gasteiger partial charge >= 0.3 is 0 Å². The number of aryl methyl sites for hydroxylation is 2. The molecule has 1 radical (unpaired) electrons. The molecule has 5 aromatic rings. The minimum Gasteiger partial charge on any atom is -0.304 e. The average molecular weight is 572 g/mol. The Hall–Kier alpha value is -2.46. The van der Waals surface area contributed by atoms with Crippen LogP contribution in [0.2, 0.25) is 0 Å². The van der Waals surface area contributed by atoms with Crippen LogP contribution in [0.15, 0.2) is 64.5 Å². The van der Waals surface area contributed by atoms with Crippen LogP contribution in [-0.4, -0.2) is 14.2 Å². The van der Waals surface area contributed by atoms with Crippen LogP contribution in [0.25, 0.3) is 43.6 Å². The van der Waals surface area contributed by atoms with Gasteiger partial charge in [-0.2, -0.15) is 0 Å². The minimum atomic E-state index is -1.26. The van der Waals surface area contributed by atoms with Gasteiger partial charge in [0, 0.05) is 58.8 Å². The molecule has 0 aliphatic carbocycles. The molecule has 0 N–H and O–H groups in total. The molecular weight excluding hydrogens is 557 g/mol. The Balaban J connectivity index is 0.00000181. The zero-order valence-corrected chi connectivity index (χ0v) is 19.0. The van der Waals surface area contributed by atoms with Crippen LogP contribution in [0.4, 0.5) is 0 Å². The van der Waals surface area contributed by atoms with E-state index in [1.165, 1.54) is 0 Å². The Morgan fingerprint density at radius 1 is 0.897 bits per heavy atom. The van der Waals surface area contributed by atoms with Gasteiger partial charge in [-0.15, -0.1) is 29.8 Å². The topological polar surface area (TPSA) is 42.9 Å². The van der Waals surface area contributed by atoms with Gasteiger partial charge in [-0.1, -0.05) is 12.1 Å². The van der Waals surface area contributed by atoms with E-state index < -0.39 is 10.8 Å². The summed E-state index contributed by atoms with van der Waals surface area (Å²) in [6.07, 6.45) is 1.84. The summed E-state index contributed by atoms with van der Waals surface area (Å²) in [5.41, 5.74) is 3.71. The number of rotatable bonds is 0. The largest absolute Gasteiger partial charge is 0.304 e. The molecular formula is C24H15IrN2OS-. The van der Waals surface area contributed by atoms with Crippen LogP contribution in [0.3, 0.4) is 0 Å². The molecule has 1 unspecified atom stereocenters. The van der Waals surface area contributed by atoms with Gasteiger partial charge in [0.05, 0.1) is 0 Å². The van der Waals surface area contributed by atoms with Crippen molar-refractivity contribution in [3.8, 4) is 11.3 Å². The maximum absolute atomic E-state index is 13.5. The molecule has 0 bridgehead atoms. The fraction of sp³-hybridized carbons (Fsp3) is 0.0833. The first-order chi connectivity index (χ1) is 13.6. The van der Waals surface area contributed by atoms with Gasteiger partial charge in [0.1, 0.15) is 0 Å². The molecule has 29 heavy (non-hydrogen) atoms. The molecule has 1 aliphatic rings. The van der Waals surface area contributed by atoms with Crippen LogP contribution in [0.5, 0.6) is 0 Å². The Morgan fingerprint density at radius 3 is 2.55 bits per heavy atom. The molecule has 1 atom stereocenters. The SMILES string of the molecule is Cc1cc2c(ccc3c4ccnc5c4c(cc23)S(=O)c2ccc[c-]c2-5)c(C)n1.[Ir]. The van der Waals surface area contributed by atoms with Gasteiger partial charge in [-0.3, -0.25) is 9.19 Å². The Kier molecular flexibility index (Phi) is 4.18. The number of nitrogens with zero attached hydrogens (tertiary/aromatic N) is 2. The molecule has 2 aromatic heterocycles. The van der Waals surface area contributed by atoms with Gasteiger partial charge in [-0.05, 0) is 69.6 Å². The fourth-order valence-electron chi connectivity index (χ4n) is 4.42. The third kappa shape index (κ3) is 2.48. The van der Waals surface area contributed by atoms with E-state index in [-0.39, 0.29) is 20.1 Å². The number of pyridine rings is 2. The number of hydrogen-bond acceptors (Lipinski definition) is 3. The van der Waals surface area contributed by atoms with Gasteiger partial charge in [0.2, 0.25) is 0 Å². The molecule has 143 valence electrons. The normalized spacial score (nSPS) is 14.8. The Morgan fingerprint density at radius 2 is 1.69 bits per heavy atom. The summed E-state index contributed by atoms with van der Waals surface area (Å²) >= 11 is 0. The number of benzene rings is 3. The van der Waals surface area contributed by atoms with E-state index in [1.807, 2.05) is 44.3 Å². The van der Waals surface area contributed by atoms with E-state index >= 15 is 0 Å². The Labute approximate surface area is 184 Å². The van der Waals surface area contributed by atoms with E-state index in [4.69, 9.17) is 0 Å². The first-order valence-corrected chi connectivity index (χ1v) is 10.3. The van der Waals surface area contributed by atoms with Crippen LogP contribution in [0, 0.1) is 19.9 Å². The smallest absolute Gasteiger partial charge is 0.0454 e. The summed E-state index contributed by atoms with van der Waals surface area (Å²) in [5, 5.41) is 6.61.